The van der Waals surface area contributed by atoms with E-state index in [1.54, 1.807) is 0 Å². The third-order valence-corrected chi connectivity index (χ3v) is 3.35. The number of hydrogen-bond donors (Lipinski definition) is 1. The maximum Gasteiger partial charge on any atom is 0.249 e. The van der Waals surface area contributed by atoms with Crippen LogP contribution in [0.5, 0.6) is 0 Å². The van der Waals surface area contributed by atoms with Gasteiger partial charge in [-0.15, -0.1) is 0 Å². The van der Waals surface area contributed by atoms with Crippen molar-refractivity contribution in [3.05, 3.63) is 11.6 Å². The van der Waals surface area contributed by atoms with E-state index in [0.717, 1.165) is 32.4 Å². The van der Waals surface area contributed by atoms with Gasteiger partial charge in [-0.2, -0.15) is 0 Å². The third kappa shape index (κ3) is 3.34. The van der Waals surface area contributed by atoms with Gasteiger partial charge in [0.2, 0.25) is 5.91 Å². The molecule has 1 heterocycles. The van der Waals surface area contributed by atoms with Gasteiger partial charge in [-0.3, -0.25) is 4.79 Å². The maximum atomic E-state index is 11.6. The first kappa shape index (κ1) is 11.6. The molecule has 1 aliphatic heterocycles. The van der Waals surface area contributed by atoms with Gasteiger partial charge in [-0.1, -0.05) is 11.6 Å². The van der Waals surface area contributed by atoms with Crippen LogP contribution in [0.3, 0.4) is 0 Å². The Morgan fingerprint density at radius 3 is 3.06 bits per heavy atom. The lowest BCUT2D eigenvalue weighted by Crippen LogP contribution is -2.34. The van der Waals surface area contributed by atoms with E-state index in [1.165, 1.54) is 31.3 Å². The number of rotatable bonds is 4. The topological polar surface area (TPSA) is 38.3 Å². The van der Waals surface area contributed by atoms with Crippen molar-refractivity contribution >= 4 is 5.91 Å². The predicted octanol–water partition coefficient (Wildman–Crippen LogP) is 2.17. The molecule has 0 spiro atoms. The molecule has 16 heavy (non-hydrogen) atoms. The van der Waals surface area contributed by atoms with Crippen molar-refractivity contribution in [1.29, 1.82) is 0 Å². The normalized spacial score (nSPS) is 25.2. The predicted molar refractivity (Wildman–Crippen MR) is 63.2 cm³/mol. The largest absolute Gasteiger partial charge is 0.368 e. The van der Waals surface area contributed by atoms with Crippen LogP contribution in [-0.4, -0.2) is 25.2 Å². The Hall–Kier alpha value is -0.830. The molecule has 1 amide bonds. The van der Waals surface area contributed by atoms with Gasteiger partial charge in [0.05, 0.1) is 0 Å². The fourth-order valence-corrected chi connectivity index (χ4v) is 2.38. The Morgan fingerprint density at radius 2 is 2.38 bits per heavy atom. The highest BCUT2D eigenvalue weighted by atomic mass is 16.5. The van der Waals surface area contributed by atoms with Gasteiger partial charge in [0.15, 0.2) is 0 Å². The number of allylic oxidation sites excluding steroid dienone is 1. The van der Waals surface area contributed by atoms with E-state index in [-0.39, 0.29) is 12.0 Å². The number of amides is 1. The standard InChI is InChI=1S/C13H21NO2/c15-13(12-7-4-10-16-12)14-9-8-11-5-2-1-3-6-11/h5,12H,1-4,6-10H2,(H,14,15)/t12-/m1/s1. The molecule has 3 heteroatoms. The smallest absolute Gasteiger partial charge is 0.249 e. The van der Waals surface area contributed by atoms with E-state index in [2.05, 4.69) is 11.4 Å². The SMILES string of the molecule is O=C(NCCC1=CCCCC1)[C@H]1CCCO1. The van der Waals surface area contributed by atoms with Crippen LogP contribution in [0, 0.1) is 0 Å². The second-order valence-electron chi connectivity index (χ2n) is 4.65. The molecule has 1 N–H and O–H groups in total. The highest BCUT2D eigenvalue weighted by Gasteiger charge is 2.22. The van der Waals surface area contributed by atoms with Gasteiger partial charge in [0.1, 0.15) is 6.10 Å². The third-order valence-electron chi connectivity index (χ3n) is 3.35. The van der Waals surface area contributed by atoms with Crippen LogP contribution in [-0.2, 0) is 9.53 Å². The van der Waals surface area contributed by atoms with Crippen molar-refractivity contribution in [1.82, 2.24) is 5.32 Å². The number of ether oxygens (including phenoxy) is 1. The molecule has 2 aliphatic rings. The van der Waals surface area contributed by atoms with Crippen molar-refractivity contribution in [2.75, 3.05) is 13.2 Å². The molecule has 0 radical (unpaired) electrons. The van der Waals surface area contributed by atoms with E-state index >= 15 is 0 Å². The van der Waals surface area contributed by atoms with Gasteiger partial charge in [0.25, 0.3) is 0 Å². The number of nitrogens with one attached hydrogen (secondary N) is 1. The van der Waals surface area contributed by atoms with E-state index in [0.29, 0.717) is 0 Å². The zero-order valence-corrected chi connectivity index (χ0v) is 9.84. The fraction of sp³-hybridized carbons (Fsp3) is 0.769. The van der Waals surface area contributed by atoms with E-state index in [4.69, 9.17) is 4.74 Å². The first-order valence-corrected chi connectivity index (χ1v) is 6.43. The van der Waals surface area contributed by atoms with E-state index in [1.807, 2.05) is 0 Å². The van der Waals surface area contributed by atoms with Gasteiger partial charge in [-0.25, -0.2) is 0 Å². The van der Waals surface area contributed by atoms with Crippen LogP contribution in [0.4, 0.5) is 0 Å². The van der Waals surface area contributed by atoms with Crippen LogP contribution < -0.4 is 5.32 Å². The summed E-state index contributed by atoms with van der Waals surface area (Å²) in [5, 5.41) is 2.97. The molecule has 0 unspecified atom stereocenters. The van der Waals surface area contributed by atoms with Gasteiger partial charge >= 0.3 is 0 Å². The molecule has 0 aromatic carbocycles. The molecular weight excluding hydrogens is 202 g/mol. The minimum absolute atomic E-state index is 0.0777. The second kappa shape index (κ2) is 6.04. The zero-order chi connectivity index (χ0) is 11.2. The molecule has 3 nitrogen and oxygen atoms in total. The summed E-state index contributed by atoms with van der Waals surface area (Å²) in [7, 11) is 0. The molecule has 0 saturated carbocycles. The zero-order valence-electron chi connectivity index (χ0n) is 9.84. The minimum atomic E-state index is -0.180. The lowest BCUT2D eigenvalue weighted by atomic mass is 9.97. The molecule has 2 rings (SSSR count). The van der Waals surface area contributed by atoms with Gasteiger partial charge < -0.3 is 10.1 Å². The fourth-order valence-electron chi connectivity index (χ4n) is 2.38. The summed E-state index contributed by atoms with van der Waals surface area (Å²) >= 11 is 0. The lowest BCUT2D eigenvalue weighted by molar-refractivity contribution is -0.129. The Bertz CT molecular complexity index is 267. The summed E-state index contributed by atoms with van der Waals surface area (Å²) in [6.45, 7) is 1.51. The Kier molecular flexibility index (Phi) is 4.40. The molecule has 1 saturated heterocycles. The van der Waals surface area contributed by atoms with Crippen LogP contribution in [0.15, 0.2) is 11.6 Å². The number of carbonyl (C=O) groups is 1. The molecular formula is C13H21NO2. The van der Waals surface area contributed by atoms with Crippen molar-refractivity contribution in [2.24, 2.45) is 0 Å². The van der Waals surface area contributed by atoms with Crippen LogP contribution in [0.25, 0.3) is 0 Å². The van der Waals surface area contributed by atoms with E-state index in [9.17, 15) is 4.79 Å². The molecule has 0 aromatic rings. The quantitative estimate of drug-likeness (QED) is 0.742. The summed E-state index contributed by atoms with van der Waals surface area (Å²) < 4.78 is 5.33. The minimum Gasteiger partial charge on any atom is -0.368 e. The molecule has 1 atom stereocenters. The molecule has 1 aliphatic carbocycles. The monoisotopic (exact) mass is 223 g/mol. The van der Waals surface area contributed by atoms with Crippen LogP contribution in [0.2, 0.25) is 0 Å². The number of carbonyl (C=O) groups excluding carboxylic acids is 1. The highest BCUT2D eigenvalue weighted by molar-refractivity contribution is 5.80. The van der Waals surface area contributed by atoms with Crippen molar-refractivity contribution in [3.8, 4) is 0 Å². The van der Waals surface area contributed by atoms with Crippen molar-refractivity contribution in [3.63, 3.8) is 0 Å². The maximum absolute atomic E-state index is 11.6. The van der Waals surface area contributed by atoms with Crippen LogP contribution in [0.1, 0.15) is 44.9 Å². The van der Waals surface area contributed by atoms with E-state index < -0.39 is 0 Å². The highest BCUT2D eigenvalue weighted by Crippen LogP contribution is 2.19. The summed E-state index contributed by atoms with van der Waals surface area (Å²) in [4.78, 5) is 11.6. The first-order chi connectivity index (χ1) is 7.86. The lowest BCUT2D eigenvalue weighted by Gasteiger charge is -2.14. The first-order valence-electron chi connectivity index (χ1n) is 6.43. The van der Waals surface area contributed by atoms with Gasteiger partial charge in [0, 0.05) is 13.2 Å². The number of hydrogen-bond acceptors (Lipinski definition) is 2. The molecule has 1 fully saturated rings. The summed E-state index contributed by atoms with van der Waals surface area (Å²) in [6, 6.07) is 0. The molecule has 0 bridgehead atoms. The molecule has 0 aromatic heterocycles. The average Bonchev–Trinajstić information content (AvgIpc) is 2.84. The van der Waals surface area contributed by atoms with Crippen molar-refractivity contribution < 1.29 is 9.53 Å². The summed E-state index contributed by atoms with van der Waals surface area (Å²) in [5.41, 5.74) is 1.51. The van der Waals surface area contributed by atoms with Crippen LogP contribution >= 0.6 is 0 Å². The Balaban J connectivity index is 1.63. The molecule has 90 valence electrons. The average molecular weight is 223 g/mol. The summed E-state index contributed by atoms with van der Waals surface area (Å²) in [5.74, 6) is 0.0777. The summed E-state index contributed by atoms with van der Waals surface area (Å²) in [6.07, 6.45) is 10.1. The van der Waals surface area contributed by atoms with Gasteiger partial charge in [-0.05, 0) is 44.9 Å². The Labute approximate surface area is 97.2 Å². The second-order valence-corrected chi connectivity index (χ2v) is 4.65. The Morgan fingerprint density at radius 1 is 1.44 bits per heavy atom. The van der Waals surface area contributed by atoms with Crippen molar-refractivity contribution in [2.45, 2.75) is 51.0 Å².